The molecule has 1 aromatic rings. The highest BCUT2D eigenvalue weighted by atomic mass is 79.9. The molecule has 0 saturated carbocycles. The molecule has 1 atom stereocenters. The molecule has 15 heavy (non-hydrogen) atoms. The highest BCUT2D eigenvalue weighted by Gasteiger charge is 2.16. The van der Waals surface area contributed by atoms with Crippen molar-refractivity contribution in [3.05, 3.63) is 39.8 Å². The average molecular weight is 291 g/mol. The summed E-state index contributed by atoms with van der Waals surface area (Å²) in [5.74, 6) is 0.0580. The number of allylic oxidation sites excluding steroid dienone is 1. The third-order valence-electron chi connectivity index (χ3n) is 2.17. The van der Waals surface area contributed by atoms with Gasteiger partial charge in [-0.3, -0.25) is 0 Å². The number of halogens is 2. The first-order valence-electron chi connectivity index (χ1n) is 4.61. The van der Waals surface area contributed by atoms with Crippen LogP contribution in [0.2, 0.25) is 5.02 Å². The molecule has 1 aromatic carbocycles. The van der Waals surface area contributed by atoms with Crippen LogP contribution in [-0.4, -0.2) is 5.11 Å². The largest absolute Gasteiger partial charge is 0.506 e. The van der Waals surface area contributed by atoms with E-state index >= 15 is 0 Å². The van der Waals surface area contributed by atoms with Crippen LogP contribution >= 0.6 is 27.5 Å². The maximum absolute atomic E-state index is 9.78. The molecule has 0 amide bonds. The molecule has 0 spiro atoms. The van der Waals surface area contributed by atoms with Crippen molar-refractivity contribution < 1.29 is 5.11 Å². The number of hydrogen-bond donors (Lipinski definition) is 2. The van der Waals surface area contributed by atoms with Crippen LogP contribution in [0.15, 0.2) is 29.3 Å². The van der Waals surface area contributed by atoms with E-state index in [2.05, 4.69) is 22.5 Å². The summed E-state index contributed by atoms with van der Waals surface area (Å²) in [7, 11) is 0. The molecule has 0 fully saturated rings. The van der Waals surface area contributed by atoms with Crippen molar-refractivity contribution in [3.63, 3.8) is 0 Å². The molecule has 4 heteroatoms. The van der Waals surface area contributed by atoms with Gasteiger partial charge in [-0.1, -0.05) is 33.6 Å². The third-order valence-corrected chi connectivity index (χ3v) is 3.16. The van der Waals surface area contributed by atoms with Gasteiger partial charge in [-0.25, -0.2) is 0 Å². The van der Waals surface area contributed by atoms with Gasteiger partial charge in [0.1, 0.15) is 5.75 Å². The second-order valence-corrected chi connectivity index (χ2v) is 4.53. The highest BCUT2D eigenvalue weighted by Crippen LogP contribution is 2.37. The third kappa shape index (κ3) is 2.97. The Morgan fingerprint density at radius 1 is 1.60 bits per heavy atom. The number of nitrogens with two attached hydrogens (primary N) is 1. The van der Waals surface area contributed by atoms with E-state index in [9.17, 15) is 5.11 Å². The molecule has 0 saturated heterocycles. The van der Waals surface area contributed by atoms with Crippen molar-refractivity contribution in [2.45, 2.75) is 18.9 Å². The molecule has 0 bridgehead atoms. The molecule has 0 radical (unpaired) electrons. The van der Waals surface area contributed by atoms with Crippen LogP contribution in [0.4, 0.5) is 0 Å². The fraction of sp³-hybridized carbons (Fsp3) is 0.273. The Morgan fingerprint density at radius 3 is 2.87 bits per heavy atom. The van der Waals surface area contributed by atoms with E-state index in [-0.39, 0.29) is 11.8 Å². The summed E-state index contributed by atoms with van der Waals surface area (Å²) in [6.45, 7) is 3.63. The van der Waals surface area contributed by atoms with Gasteiger partial charge in [-0.05, 0) is 25.0 Å². The first-order valence-corrected chi connectivity index (χ1v) is 5.78. The van der Waals surface area contributed by atoms with Gasteiger partial charge in [0.05, 0.1) is 5.02 Å². The summed E-state index contributed by atoms with van der Waals surface area (Å²) < 4.78 is 0.779. The Labute approximate surface area is 103 Å². The molecule has 1 rings (SSSR count). The maximum atomic E-state index is 9.78. The lowest BCUT2D eigenvalue weighted by molar-refractivity contribution is 0.458. The molecule has 0 aromatic heterocycles. The number of phenols is 1. The first-order chi connectivity index (χ1) is 7.07. The predicted octanol–water partition coefficient (Wildman–Crippen LogP) is 3.77. The zero-order chi connectivity index (χ0) is 11.4. The van der Waals surface area contributed by atoms with Gasteiger partial charge in [0.2, 0.25) is 0 Å². The summed E-state index contributed by atoms with van der Waals surface area (Å²) in [4.78, 5) is 0. The quantitative estimate of drug-likeness (QED) is 0.829. The number of benzene rings is 1. The second-order valence-electron chi connectivity index (χ2n) is 3.26. The van der Waals surface area contributed by atoms with Crippen LogP contribution in [0.3, 0.4) is 0 Å². The van der Waals surface area contributed by atoms with Crippen LogP contribution in [0, 0.1) is 0 Å². The Kier molecular flexibility index (Phi) is 4.64. The zero-order valence-electron chi connectivity index (χ0n) is 8.21. The molecular formula is C11H13BrClNO. The highest BCUT2D eigenvalue weighted by molar-refractivity contribution is 9.10. The normalized spacial score (nSPS) is 12.5. The van der Waals surface area contributed by atoms with Crippen LogP contribution in [0.5, 0.6) is 5.75 Å². The second kappa shape index (κ2) is 5.54. The monoisotopic (exact) mass is 289 g/mol. The van der Waals surface area contributed by atoms with Gasteiger partial charge in [-0.15, -0.1) is 6.58 Å². The van der Waals surface area contributed by atoms with Crippen LogP contribution in [-0.2, 0) is 0 Å². The number of hydrogen-bond acceptors (Lipinski definition) is 2. The van der Waals surface area contributed by atoms with Crippen molar-refractivity contribution in [1.29, 1.82) is 0 Å². The molecule has 3 N–H and O–H groups in total. The number of aromatic hydroxyl groups is 1. The van der Waals surface area contributed by atoms with Gasteiger partial charge in [0.15, 0.2) is 0 Å². The summed E-state index contributed by atoms with van der Waals surface area (Å²) in [6.07, 6.45) is 3.34. The predicted molar refractivity (Wildman–Crippen MR) is 67.2 cm³/mol. The summed E-state index contributed by atoms with van der Waals surface area (Å²) in [5.41, 5.74) is 6.61. The minimum absolute atomic E-state index is 0.0580. The standard InChI is InChI=1S/C11H13BrClNO/c1-2-3-4-9(14)10-7(12)5-6-8(13)11(10)15/h2,5-6,9,15H,1,3-4,14H2/t9-/m0/s1. The molecule has 0 unspecified atom stereocenters. The molecule has 0 aliphatic rings. The molecular weight excluding hydrogens is 277 g/mol. The molecule has 0 heterocycles. The average Bonchev–Trinajstić information content (AvgIpc) is 2.21. The first kappa shape index (κ1) is 12.6. The maximum Gasteiger partial charge on any atom is 0.140 e. The summed E-state index contributed by atoms with van der Waals surface area (Å²) in [6, 6.07) is 3.17. The van der Waals surface area contributed by atoms with Gasteiger partial charge >= 0.3 is 0 Å². The van der Waals surface area contributed by atoms with Crippen molar-refractivity contribution in [1.82, 2.24) is 0 Å². The van der Waals surface area contributed by atoms with Crippen molar-refractivity contribution in [3.8, 4) is 5.75 Å². The SMILES string of the molecule is C=CCC[C@H](N)c1c(Br)ccc(Cl)c1O. The fourth-order valence-electron chi connectivity index (χ4n) is 1.35. The van der Waals surface area contributed by atoms with E-state index in [0.29, 0.717) is 10.6 Å². The van der Waals surface area contributed by atoms with E-state index in [4.69, 9.17) is 17.3 Å². The van der Waals surface area contributed by atoms with Gasteiger partial charge < -0.3 is 10.8 Å². The molecule has 2 nitrogen and oxygen atoms in total. The molecule has 0 aliphatic carbocycles. The van der Waals surface area contributed by atoms with E-state index < -0.39 is 0 Å². The number of phenolic OH excluding ortho intramolecular Hbond substituents is 1. The van der Waals surface area contributed by atoms with E-state index in [1.54, 1.807) is 18.2 Å². The Bertz CT molecular complexity index is 368. The smallest absolute Gasteiger partial charge is 0.140 e. The number of rotatable bonds is 4. The Hall–Kier alpha value is -0.510. The van der Waals surface area contributed by atoms with Crippen molar-refractivity contribution >= 4 is 27.5 Å². The van der Waals surface area contributed by atoms with Gasteiger partial charge in [-0.2, -0.15) is 0 Å². The minimum atomic E-state index is -0.240. The van der Waals surface area contributed by atoms with Crippen molar-refractivity contribution in [2.75, 3.05) is 0 Å². The van der Waals surface area contributed by atoms with Gasteiger partial charge in [0.25, 0.3) is 0 Å². The van der Waals surface area contributed by atoms with Crippen LogP contribution < -0.4 is 5.73 Å². The fourth-order valence-corrected chi connectivity index (χ4v) is 2.13. The van der Waals surface area contributed by atoms with E-state index in [0.717, 1.165) is 17.3 Å². The summed E-state index contributed by atoms with van der Waals surface area (Å²) >= 11 is 9.17. The van der Waals surface area contributed by atoms with Crippen LogP contribution in [0.25, 0.3) is 0 Å². The molecule has 0 aliphatic heterocycles. The van der Waals surface area contributed by atoms with Gasteiger partial charge in [0, 0.05) is 16.1 Å². The Morgan fingerprint density at radius 2 is 2.27 bits per heavy atom. The van der Waals surface area contributed by atoms with E-state index in [1.807, 2.05) is 0 Å². The lowest BCUT2D eigenvalue weighted by Gasteiger charge is -2.15. The molecule has 82 valence electrons. The zero-order valence-corrected chi connectivity index (χ0v) is 10.6. The minimum Gasteiger partial charge on any atom is -0.506 e. The van der Waals surface area contributed by atoms with Crippen LogP contribution in [0.1, 0.15) is 24.4 Å². The van der Waals surface area contributed by atoms with Crippen molar-refractivity contribution in [2.24, 2.45) is 5.73 Å². The van der Waals surface area contributed by atoms with E-state index in [1.165, 1.54) is 0 Å². The topological polar surface area (TPSA) is 46.2 Å². The lowest BCUT2D eigenvalue weighted by Crippen LogP contribution is -2.10. The lowest BCUT2D eigenvalue weighted by atomic mass is 10.0. The Balaban J connectivity index is 3.01. The summed E-state index contributed by atoms with van der Waals surface area (Å²) in [5, 5.41) is 10.1.